The summed E-state index contributed by atoms with van der Waals surface area (Å²) < 4.78 is 14.3. The highest BCUT2D eigenvalue weighted by molar-refractivity contribution is 9.11. The minimum absolute atomic E-state index is 0.708. The molecular formula is C7H6BrFS. The largest absolute Gasteiger partial charge is 0.238 e. The molecule has 0 unspecified atom stereocenters. The minimum Gasteiger partial charge on any atom is -0.238 e. The predicted octanol–water partition coefficient (Wildman–Crippen LogP) is 3.47. The maximum absolute atomic E-state index is 13.2. The Balaban J connectivity index is 2.34. The van der Waals surface area contributed by atoms with Crippen LogP contribution in [0.25, 0.3) is 0 Å². The van der Waals surface area contributed by atoms with Crippen LogP contribution in [-0.4, -0.2) is 0 Å². The van der Waals surface area contributed by atoms with Gasteiger partial charge in [-0.2, -0.15) is 0 Å². The van der Waals surface area contributed by atoms with E-state index in [4.69, 9.17) is 0 Å². The summed E-state index contributed by atoms with van der Waals surface area (Å²) in [7, 11) is 0. The van der Waals surface area contributed by atoms with Crippen molar-refractivity contribution in [3.8, 4) is 0 Å². The lowest BCUT2D eigenvalue weighted by Crippen LogP contribution is -1.90. The molecule has 1 aliphatic carbocycles. The van der Waals surface area contributed by atoms with Crippen molar-refractivity contribution in [3.05, 3.63) is 20.8 Å². The first kappa shape index (κ1) is 6.80. The normalized spacial score (nSPS) is 21.0. The fraction of sp³-hybridized carbons (Fsp3) is 0.429. The Bertz CT molecular complexity index is 252. The molecule has 0 bridgehead atoms. The van der Waals surface area contributed by atoms with Crippen LogP contribution in [0.2, 0.25) is 0 Å². The molecule has 1 fully saturated rings. The average Bonchev–Trinajstić information content (AvgIpc) is 2.45. The van der Waals surface area contributed by atoms with Crippen LogP contribution in [0.5, 0.6) is 0 Å². The molecule has 0 N–H and O–H groups in total. The zero-order chi connectivity index (χ0) is 7.19. The van der Waals surface area contributed by atoms with Crippen LogP contribution in [0, 0.1) is 0 Å². The van der Waals surface area contributed by atoms with E-state index in [1.807, 2.05) is 12.1 Å². The van der Waals surface area contributed by atoms with E-state index in [2.05, 4.69) is 15.9 Å². The molecule has 1 saturated carbocycles. The summed E-state index contributed by atoms with van der Waals surface area (Å²) in [5.41, 5.74) is -0.948. The predicted molar refractivity (Wildman–Crippen MR) is 44.0 cm³/mol. The smallest absolute Gasteiger partial charge is 0.145 e. The van der Waals surface area contributed by atoms with Crippen molar-refractivity contribution < 1.29 is 4.39 Å². The molecule has 0 aliphatic heterocycles. The molecular weight excluding hydrogens is 215 g/mol. The van der Waals surface area contributed by atoms with Gasteiger partial charge >= 0.3 is 0 Å². The van der Waals surface area contributed by atoms with Gasteiger partial charge in [0.25, 0.3) is 0 Å². The van der Waals surface area contributed by atoms with Crippen LogP contribution in [0.4, 0.5) is 4.39 Å². The number of thiophene rings is 1. The topological polar surface area (TPSA) is 0 Å². The van der Waals surface area contributed by atoms with Crippen LogP contribution in [0.1, 0.15) is 17.7 Å². The Labute approximate surface area is 71.2 Å². The molecule has 0 saturated heterocycles. The molecule has 3 heteroatoms. The van der Waals surface area contributed by atoms with Crippen LogP contribution in [-0.2, 0) is 5.67 Å². The van der Waals surface area contributed by atoms with Gasteiger partial charge in [-0.15, -0.1) is 11.3 Å². The summed E-state index contributed by atoms with van der Waals surface area (Å²) in [6.07, 6.45) is 1.42. The molecule has 1 aromatic heterocycles. The van der Waals surface area contributed by atoms with E-state index in [0.717, 1.165) is 8.66 Å². The van der Waals surface area contributed by atoms with E-state index in [1.54, 1.807) is 0 Å². The van der Waals surface area contributed by atoms with Crippen molar-refractivity contribution >= 4 is 27.3 Å². The second-order valence-corrected chi connectivity index (χ2v) is 5.03. The summed E-state index contributed by atoms with van der Waals surface area (Å²) in [4.78, 5) is 0.874. The highest BCUT2D eigenvalue weighted by atomic mass is 79.9. The van der Waals surface area contributed by atoms with E-state index in [-0.39, 0.29) is 0 Å². The monoisotopic (exact) mass is 220 g/mol. The van der Waals surface area contributed by atoms with E-state index in [0.29, 0.717) is 12.8 Å². The van der Waals surface area contributed by atoms with Crippen LogP contribution in [0.3, 0.4) is 0 Å². The molecule has 0 atom stereocenters. The third kappa shape index (κ3) is 1.01. The Morgan fingerprint density at radius 1 is 1.50 bits per heavy atom. The summed E-state index contributed by atoms with van der Waals surface area (Å²) in [6.45, 7) is 0. The summed E-state index contributed by atoms with van der Waals surface area (Å²) >= 11 is 4.80. The molecule has 0 amide bonds. The molecule has 0 radical (unpaired) electrons. The standard InChI is InChI=1S/C7H6BrFS/c8-6-2-1-5(10-6)7(9)3-4-7/h1-2H,3-4H2. The number of alkyl halides is 1. The van der Waals surface area contributed by atoms with E-state index >= 15 is 0 Å². The van der Waals surface area contributed by atoms with E-state index in [9.17, 15) is 4.39 Å². The maximum atomic E-state index is 13.2. The Morgan fingerprint density at radius 2 is 2.20 bits per heavy atom. The quantitative estimate of drug-likeness (QED) is 0.681. The van der Waals surface area contributed by atoms with Crippen LogP contribution in [0.15, 0.2) is 15.9 Å². The lowest BCUT2D eigenvalue weighted by atomic mass is 10.3. The fourth-order valence-corrected chi connectivity index (χ4v) is 2.44. The summed E-state index contributed by atoms with van der Waals surface area (Å²) in [5.74, 6) is 0. The number of rotatable bonds is 1. The molecule has 0 nitrogen and oxygen atoms in total. The van der Waals surface area contributed by atoms with Crippen LogP contribution < -0.4 is 0 Å². The van der Waals surface area contributed by atoms with Crippen molar-refractivity contribution in [2.75, 3.05) is 0 Å². The van der Waals surface area contributed by atoms with Gasteiger partial charge in [0, 0.05) is 4.88 Å². The molecule has 0 aromatic carbocycles. The van der Waals surface area contributed by atoms with E-state index in [1.165, 1.54) is 11.3 Å². The van der Waals surface area contributed by atoms with Gasteiger partial charge in [0.2, 0.25) is 0 Å². The van der Waals surface area contributed by atoms with Crippen molar-refractivity contribution in [1.29, 1.82) is 0 Å². The summed E-state index contributed by atoms with van der Waals surface area (Å²) in [5, 5.41) is 0. The number of hydrogen-bond acceptors (Lipinski definition) is 1. The third-order valence-corrected chi connectivity index (χ3v) is 3.51. The Hall–Kier alpha value is 0.110. The van der Waals surface area contributed by atoms with Gasteiger partial charge in [-0.3, -0.25) is 0 Å². The van der Waals surface area contributed by atoms with Gasteiger partial charge in [-0.25, -0.2) is 4.39 Å². The summed E-state index contributed by atoms with van der Waals surface area (Å²) in [6, 6.07) is 3.77. The first-order chi connectivity index (χ1) is 4.71. The van der Waals surface area contributed by atoms with Crippen molar-refractivity contribution in [3.63, 3.8) is 0 Å². The van der Waals surface area contributed by atoms with E-state index < -0.39 is 5.67 Å². The van der Waals surface area contributed by atoms with Crippen LogP contribution >= 0.6 is 27.3 Å². The lowest BCUT2D eigenvalue weighted by Gasteiger charge is -1.96. The number of halogens is 2. The van der Waals surface area contributed by atoms with Gasteiger partial charge < -0.3 is 0 Å². The molecule has 1 aromatic rings. The maximum Gasteiger partial charge on any atom is 0.145 e. The molecule has 1 aliphatic rings. The second-order valence-electron chi connectivity index (χ2n) is 2.57. The molecule has 0 spiro atoms. The van der Waals surface area contributed by atoms with Gasteiger partial charge in [-0.1, -0.05) is 0 Å². The fourth-order valence-electron chi connectivity index (χ4n) is 0.911. The lowest BCUT2D eigenvalue weighted by molar-refractivity contribution is 0.323. The first-order valence-corrected chi connectivity index (χ1v) is 4.76. The highest BCUT2D eigenvalue weighted by Gasteiger charge is 2.46. The van der Waals surface area contributed by atoms with Gasteiger partial charge in [0.05, 0.1) is 3.79 Å². The number of hydrogen-bond donors (Lipinski definition) is 0. The van der Waals surface area contributed by atoms with Gasteiger partial charge in [0.15, 0.2) is 0 Å². The van der Waals surface area contributed by atoms with Crippen molar-refractivity contribution in [2.24, 2.45) is 0 Å². The van der Waals surface area contributed by atoms with Crippen molar-refractivity contribution in [2.45, 2.75) is 18.5 Å². The van der Waals surface area contributed by atoms with Gasteiger partial charge in [-0.05, 0) is 40.9 Å². The zero-order valence-electron chi connectivity index (χ0n) is 5.23. The highest BCUT2D eigenvalue weighted by Crippen LogP contribution is 2.52. The first-order valence-electron chi connectivity index (χ1n) is 3.15. The zero-order valence-corrected chi connectivity index (χ0v) is 7.64. The Kier molecular flexibility index (Phi) is 1.39. The molecule has 2 rings (SSSR count). The Morgan fingerprint density at radius 3 is 2.60 bits per heavy atom. The molecule has 54 valence electrons. The SMILES string of the molecule is FC1(c2ccc(Br)s2)CC1. The van der Waals surface area contributed by atoms with Gasteiger partial charge in [0.1, 0.15) is 5.67 Å². The third-order valence-electron chi connectivity index (χ3n) is 1.70. The minimum atomic E-state index is -0.948. The second kappa shape index (κ2) is 2.05. The molecule has 10 heavy (non-hydrogen) atoms. The average molecular weight is 221 g/mol. The molecule has 1 heterocycles. The van der Waals surface area contributed by atoms with Crippen molar-refractivity contribution in [1.82, 2.24) is 0 Å².